The van der Waals surface area contributed by atoms with E-state index in [1.54, 1.807) is 13.8 Å². The Morgan fingerprint density at radius 3 is 2.39 bits per heavy atom. The lowest BCUT2D eigenvalue weighted by Crippen LogP contribution is -2.46. The second-order valence-electron chi connectivity index (χ2n) is 5.37. The van der Waals surface area contributed by atoms with Crippen LogP contribution in [0.3, 0.4) is 0 Å². The number of rotatable bonds is 5. The third-order valence-corrected chi connectivity index (χ3v) is 2.79. The molecule has 1 aliphatic rings. The van der Waals surface area contributed by atoms with Crippen LogP contribution >= 0.6 is 0 Å². The first-order valence-electron chi connectivity index (χ1n) is 6.05. The number of hydrogen-bond acceptors (Lipinski definition) is 4. The predicted octanol–water partition coefficient (Wildman–Crippen LogP) is 0.810. The average Bonchev–Trinajstić information content (AvgIpc) is 2.48. The van der Waals surface area contributed by atoms with Gasteiger partial charge in [-0.15, -0.1) is 0 Å². The number of esters is 1. The molecule has 18 heavy (non-hydrogen) atoms. The summed E-state index contributed by atoms with van der Waals surface area (Å²) in [5, 5.41) is 4.68. The first kappa shape index (κ1) is 14.5. The second kappa shape index (κ2) is 5.37. The smallest absolute Gasteiger partial charge is 0.322 e. The molecule has 0 saturated carbocycles. The number of ether oxygens (including phenoxy) is 1. The van der Waals surface area contributed by atoms with Crippen LogP contribution in [0.2, 0.25) is 0 Å². The standard InChI is InChI=1S/C12H20N2O4/c1-7(2)6-18-9(15)8(3)5-12(4)10(16)13-11(17)14-12/h7-8H,5-6H2,1-4H3,(H2,13,14,16,17). The van der Waals surface area contributed by atoms with Gasteiger partial charge in [0.2, 0.25) is 0 Å². The van der Waals surface area contributed by atoms with Crippen LogP contribution < -0.4 is 10.6 Å². The van der Waals surface area contributed by atoms with Gasteiger partial charge >= 0.3 is 12.0 Å². The number of carbonyl (C=O) groups excluding carboxylic acids is 3. The quantitative estimate of drug-likeness (QED) is 0.563. The van der Waals surface area contributed by atoms with Crippen LogP contribution in [0.25, 0.3) is 0 Å². The summed E-state index contributed by atoms with van der Waals surface area (Å²) in [6.45, 7) is 7.54. The van der Waals surface area contributed by atoms with E-state index >= 15 is 0 Å². The van der Waals surface area contributed by atoms with Crippen molar-refractivity contribution in [2.24, 2.45) is 11.8 Å². The monoisotopic (exact) mass is 256 g/mol. The van der Waals surface area contributed by atoms with E-state index in [4.69, 9.17) is 4.74 Å². The van der Waals surface area contributed by atoms with Gasteiger partial charge in [0, 0.05) is 0 Å². The van der Waals surface area contributed by atoms with Crippen molar-refractivity contribution in [2.45, 2.75) is 39.7 Å². The fourth-order valence-corrected chi connectivity index (χ4v) is 1.81. The van der Waals surface area contributed by atoms with E-state index in [9.17, 15) is 14.4 Å². The number of imide groups is 1. The number of amides is 3. The zero-order chi connectivity index (χ0) is 13.9. The van der Waals surface area contributed by atoms with Crippen molar-refractivity contribution >= 4 is 17.9 Å². The molecule has 0 aromatic rings. The topological polar surface area (TPSA) is 84.5 Å². The van der Waals surface area contributed by atoms with E-state index in [2.05, 4.69) is 10.6 Å². The third kappa shape index (κ3) is 3.45. The van der Waals surface area contributed by atoms with Gasteiger partial charge in [0.1, 0.15) is 5.54 Å². The van der Waals surface area contributed by atoms with Gasteiger partial charge in [0.25, 0.3) is 5.91 Å². The van der Waals surface area contributed by atoms with Crippen LogP contribution in [0, 0.1) is 11.8 Å². The first-order chi connectivity index (χ1) is 8.24. The SMILES string of the molecule is CC(C)COC(=O)C(C)CC1(C)NC(=O)NC1=O. The van der Waals surface area contributed by atoms with Gasteiger partial charge in [0.15, 0.2) is 0 Å². The highest BCUT2D eigenvalue weighted by Crippen LogP contribution is 2.21. The summed E-state index contributed by atoms with van der Waals surface area (Å²) >= 11 is 0. The Balaban J connectivity index is 2.53. The number of hydrogen-bond donors (Lipinski definition) is 2. The first-order valence-corrected chi connectivity index (χ1v) is 6.05. The molecule has 2 atom stereocenters. The van der Waals surface area contributed by atoms with E-state index in [0.717, 1.165) is 0 Å². The third-order valence-electron chi connectivity index (χ3n) is 2.79. The fourth-order valence-electron chi connectivity index (χ4n) is 1.81. The van der Waals surface area contributed by atoms with Crippen LogP contribution in [0.1, 0.15) is 34.1 Å². The molecule has 1 fully saturated rings. The van der Waals surface area contributed by atoms with Crippen LogP contribution in [0.15, 0.2) is 0 Å². The summed E-state index contributed by atoms with van der Waals surface area (Å²) in [6.07, 6.45) is 0.224. The van der Waals surface area contributed by atoms with E-state index in [-0.39, 0.29) is 18.3 Å². The summed E-state index contributed by atoms with van der Waals surface area (Å²) < 4.78 is 5.10. The van der Waals surface area contributed by atoms with Gasteiger partial charge in [-0.25, -0.2) is 4.79 Å². The highest BCUT2D eigenvalue weighted by molar-refractivity contribution is 6.06. The van der Waals surface area contributed by atoms with E-state index < -0.39 is 23.4 Å². The van der Waals surface area contributed by atoms with Crippen molar-refractivity contribution in [3.63, 3.8) is 0 Å². The molecule has 2 N–H and O–H groups in total. The molecule has 1 aliphatic heterocycles. The highest BCUT2D eigenvalue weighted by atomic mass is 16.5. The summed E-state index contributed by atoms with van der Waals surface area (Å²) in [5.74, 6) is -0.931. The van der Waals surface area contributed by atoms with Crippen molar-refractivity contribution in [1.82, 2.24) is 10.6 Å². The van der Waals surface area contributed by atoms with Crippen LogP contribution in [0.5, 0.6) is 0 Å². The van der Waals surface area contributed by atoms with Gasteiger partial charge in [-0.05, 0) is 19.3 Å². The Morgan fingerprint density at radius 1 is 1.33 bits per heavy atom. The Hall–Kier alpha value is -1.59. The van der Waals surface area contributed by atoms with E-state index in [1.165, 1.54) is 0 Å². The van der Waals surface area contributed by atoms with Gasteiger partial charge in [-0.1, -0.05) is 20.8 Å². The summed E-state index contributed by atoms with van der Waals surface area (Å²) in [7, 11) is 0. The maximum Gasteiger partial charge on any atom is 0.322 e. The molecule has 6 heteroatoms. The molecule has 1 saturated heterocycles. The molecule has 1 heterocycles. The Labute approximate surface area is 106 Å². The van der Waals surface area contributed by atoms with Crippen molar-refractivity contribution in [1.29, 1.82) is 0 Å². The molecular formula is C12H20N2O4. The van der Waals surface area contributed by atoms with Crippen molar-refractivity contribution < 1.29 is 19.1 Å². The molecule has 0 bridgehead atoms. The minimum atomic E-state index is -1.03. The predicted molar refractivity (Wildman–Crippen MR) is 64.7 cm³/mol. The molecule has 3 amide bonds. The Bertz CT molecular complexity index is 367. The summed E-state index contributed by atoms with van der Waals surface area (Å²) in [6, 6.07) is -0.523. The normalized spacial score (nSPS) is 24.7. The number of urea groups is 1. The van der Waals surface area contributed by atoms with Crippen LogP contribution in [0.4, 0.5) is 4.79 Å². The molecule has 0 aromatic heterocycles. The molecule has 0 spiro atoms. The fraction of sp³-hybridized carbons (Fsp3) is 0.750. The highest BCUT2D eigenvalue weighted by Gasteiger charge is 2.43. The lowest BCUT2D eigenvalue weighted by molar-refractivity contribution is -0.150. The van der Waals surface area contributed by atoms with E-state index in [0.29, 0.717) is 6.61 Å². The molecule has 1 rings (SSSR count). The van der Waals surface area contributed by atoms with Crippen LogP contribution in [-0.2, 0) is 14.3 Å². The summed E-state index contributed by atoms with van der Waals surface area (Å²) in [5.41, 5.74) is -1.03. The largest absolute Gasteiger partial charge is 0.465 e. The van der Waals surface area contributed by atoms with Gasteiger partial charge in [-0.2, -0.15) is 0 Å². The van der Waals surface area contributed by atoms with Gasteiger partial charge < -0.3 is 10.1 Å². The van der Waals surface area contributed by atoms with Gasteiger partial charge in [0.05, 0.1) is 12.5 Å². The van der Waals surface area contributed by atoms with E-state index in [1.807, 2.05) is 13.8 Å². The lowest BCUT2D eigenvalue weighted by atomic mass is 9.90. The van der Waals surface area contributed by atoms with Crippen LogP contribution in [-0.4, -0.2) is 30.1 Å². The molecule has 6 nitrogen and oxygen atoms in total. The molecule has 102 valence electrons. The zero-order valence-electron chi connectivity index (χ0n) is 11.2. The average molecular weight is 256 g/mol. The minimum Gasteiger partial charge on any atom is -0.465 e. The number of carbonyl (C=O) groups is 3. The van der Waals surface area contributed by atoms with Crippen molar-refractivity contribution in [3.8, 4) is 0 Å². The van der Waals surface area contributed by atoms with Crippen molar-refractivity contribution in [3.05, 3.63) is 0 Å². The molecular weight excluding hydrogens is 236 g/mol. The number of nitrogens with one attached hydrogen (secondary N) is 2. The lowest BCUT2D eigenvalue weighted by Gasteiger charge is -2.23. The molecule has 2 unspecified atom stereocenters. The zero-order valence-corrected chi connectivity index (χ0v) is 11.2. The maximum absolute atomic E-state index is 11.7. The maximum atomic E-state index is 11.7. The Kier molecular flexibility index (Phi) is 4.32. The van der Waals surface area contributed by atoms with Crippen molar-refractivity contribution in [2.75, 3.05) is 6.61 Å². The minimum absolute atomic E-state index is 0.224. The molecule has 0 radical (unpaired) electrons. The molecule has 0 aromatic carbocycles. The molecule has 0 aliphatic carbocycles. The Morgan fingerprint density at radius 2 is 1.94 bits per heavy atom. The summed E-state index contributed by atoms with van der Waals surface area (Å²) in [4.78, 5) is 34.4. The van der Waals surface area contributed by atoms with Gasteiger partial charge in [-0.3, -0.25) is 14.9 Å². The second-order valence-corrected chi connectivity index (χ2v) is 5.37.